The zero-order chi connectivity index (χ0) is 21.2. The largest absolute Gasteiger partial charge is 0.381 e. The van der Waals surface area contributed by atoms with Gasteiger partial charge < -0.3 is 20.7 Å². The van der Waals surface area contributed by atoms with Gasteiger partial charge in [0, 0.05) is 38.4 Å². The summed E-state index contributed by atoms with van der Waals surface area (Å²) in [5.74, 6) is 1.73. The Morgan fingerprint density at radius 2 is 2.03 bits per heavy atom. The van der Waals surface area contributed by atoms with Crippen LogP contribution in [0.2, 0.25) is 0 Å². The molecule has 0 saturated carbocycles. The summed E-state index contributed by atoms with van der Waals surface area (Å²) < 4.78 is 5.46. The number of nitrogens with two attached hydrogens (primary N) is 1. The van der Waals surface area contributed by atoms with Gasteiger partial charge in [-0.3, -0.25) is 4.79 Å². The average Bonchev–Trinajstić information content (AvgIpc) is 3.00. The molecule has 2 aliphatic heterocycles. The second kappa shape index (κ2) is 8.50. The molecule has 3 rings (SSSR count). The molecule has 3 heterocycles. The Labute approximate surface area is 175 Å². The standard InChI is InChI=1S/C23H38N4O2/c1-22(2,3)19(20(24)28)17-6-7-18(25-14-16-8-12-29-13-9-16)26-21(17)27-11-10-23(4,5)15-27/h6-7,16,19H,8-15H2,1-5H3,(H2,24,28)(H,25,26). The molecule has 0 aromatic carbocycles. The Bertz CT molecular complexity index is 720. The van der Waals surface area contributed by atoms with Gasteiger partial charge in [0.1, 0.15) is 11.6 Å². The molecular formula is C23H38N4O2. The highest BCUT2D eigenvalue weighted by molar-refractivity contribution is 5.85. The summed E-state index contributed by atoms with van der Waals surface area (Å²) in [6, 6.07) is 4.06. The maximum atomic E-state index is 12.4. The molecular weight excluding hydrogens is 364 g/mol. The van der Waals surface area contributed by atoms with Crippen LogP contribution in [0.4, 0.5) is 11.6 Å². The number of amides is 1. The number of ether oxygens (including phenoxy) is 1. The van der Waals surface area contributed by atoms with Gasteiger partial charge in [0.25, 0.3) is 0 Å². The maximum Gasteiger partial charge on any atom is 0.225 e. The highest BCUT2D eigenvalue weighted by atomic mass is 16.5. The zero-order valence-corrected chi connectivity index (χ0v) is 18.8. The van der Waals surface area contributed by atoms with E-state index in [0.717, 1.165) is 69.3 Å². The lowest BCUT2D eigenvalue weighted by Crippen LogP contribution is -2.34. The number of primary amides is 1. The highest BCUT2D eigenvalue weighted by Crippen LogP contribution is 2.42. The van der Waals surface area contributed by atoms with Crippen LogP contribution in [0.1, 0.15) is 65.4 Å². The number of hydrogen-bond donors (Lipinski definition) is 2. The number of anilines is 2. The molecule has 0 spiro atoms. The van der Waals surface area contributed by atoms with Crippen LogP contribution in [0.15, 0.2) is 12.1 Å². The molecule has 1 amide bonds. The summed E-state index contributed by atoms with van der Waals surface area (Å²) in [4.78, 5) is 19.7. The van der Waals surface area contributed by atoms with Gasteiger partial charge in [0.15, 0.2) is 0 Å². The molecule has 1 atom stereocenters. The van der Waals surface area contributed by atoms with E-state index in [0.29, 0.717) is 5.92 Å². The molecule has 1 aromatic rings. The van der Waals surface area contributed by atoms with Crippen molar-refractivity contribution in [3.63, 3.8) is 0 Å². The first kappa shape index (κ1) is 21.9. The topological polar surface area (TPSA) is 80.5 Å². The monoisotopic (exact) mass is 402 g/mol. The van der Waals surface area contributed by atoms with Crippen LogP contribution in [0.3, 0.4) is 0 Å². The van der Waals surface area contributed by atoms with Crippen LogP contribution in [0, 0.1) is 16.7 Å². The average molecular weight is 403 g/mol. The van der Waals surface area contributed by atoms with E-state index in [2.05, 4.69) is 50.9 Å². The fraction of sp³-hybridized carbons (Fsp3) is 0.739. The number of nitrogens with one attached hydrogen (secondary N) is 1. The van der Waals surface area contributed by atoms with Crippen molar-refractivity contribution in [1.29, 1.82) is 0 Å². The molecule has 0 aliphatic carbocycles. The predicted octanol–water partition coefficient (Wildman–Crippen LogP) is 3.77. The minimum absolute atomic E-state index is 0.244. The minimum Gasteiger partial charge on any atom is -0.381 e. The third-order valence-corrected chi connectivity index (χ3v) is 6.26. The van der Waals surface area contributed by atoms with E-state index in [1.165, 1.54) is 0 Å². The van der Waals surface area contributed by atoms with Gasteiger partial charge in [-0.05, 0) is 42.1 Å². The van der Waals surface area contributed by atoms with E-state index in [1.807, 2.05) is 6.07 Å². The van der Waals surface area contributed by atoms with Crippen molar-refractivity contribution < 1.29 is 9.53 Å². The molecule has 0 bridgehead atoms. The first-order valence-corrected chi connectivity index (χ1v) is 10.9. The van der Waals surface area contributed by atoms with Gasteiger partial charge in [-0.25, -0.2) is 4.98 Å². The lowest BCUT2D eigenvalue weighted by Gasteiger charge is -2.32. The minimum atomic E-state index is -0.377. The maximum absolute atomic E-state index is 12.4. The smallest absolute Gasteiger partial charge is 0.225 e. The molecule has 0 radical (unpaired) electrons. The van der Waals surface area contributed by atoms with Crippen molar-refractivity contribution in [2.75, 3.05) is 43.1 Å². The lowest BCUT2D eigenvalue weighted by atomic mass is 9.76. The van der Waals surface area contributed by atoms with E-state index in [4.69, 9.17) is 15.5 Å². The number of carbonyl (C=O) groups is 1. The van der Waals surface area contributed by atoms with Gasteiger partial charge in [0.05, 0.1) is 5.92 Å². The van der Waals surface area contributed by atoms with Crippen LogP contribution in [0.25, 0.3) is 0 Å². The molecule has 2 aliphatic rings. The lowest BCUT2D eigenvalue weighted by molar-refractivity contribution is -0.121. The van der Waals surface area contributed by atoms with Gasteiger partial charge in [-0.2, -0.15) is 0 Å². The zero-order valence-electron chi connectivity index (χ0n) is 18.8. The Hall–Kier alpha value is -1.82. The van der Waals surface area contributed by atoms with Crippen LogP contribution in [-0.2, 0) is 9.53 Å². The Balaban J connectivity index is 1.89. The van der Waals surface area contributed by atoms with Crippen molar-refractivity contribution in [1.82, 2.24) is 4.98 Å². The highest BCUT2D eigenvalue weighted by Gasteiger charge is 2.37. The van der Waals surface area contributed by atoms with Crippen LogP contribution >= 0.6 is 0 Å². The fourth-order valence-corrected chi connectivity index (χ4v) is 4.58. The summed E-state index contributed by atoms with van der Waals surface area (Å²) in [5.41, 5.74) is 6.78. The van der Waals surface area contributed by atoms with Crippen molar-refractivity contribution in [2.24, 2.45) is 22.5 Å². The van der Waals surface area contributed by atoms with Gasteiger partial charge in [-0.15, -0.1) is 0 Å². The van der Waals surface area contributed by atoms with E-state index < -0.39 is 0 Å². The Morgan fingerprint density at radius 3 is 2.59 bits per heavy atom. The van der Waals surface area contributed by atoms with Gasteiger partial charge >= 0.3 is 0 Å². The third-order valence-electron chi connectivity index (χ3n) is 6.26. The molecule has 6 heteroatoms. The molecule has 2 fully saturated rings. The quantitative estimate of drug-likeness (QED) is 0.757. The number of aromatic nitrogens is 1. The van der Waals surface area contributed by atoms with Gasteiger partial charge in [0.2, 0.25) is 5.91 Å². The number of hydrogen-bond acceptors (Lipinski definition) is 5. The first-order chi connectivity index (χ1) is 13.6. The van der Waals surface area contributed by atoms with E-state index in [-0.39, 0.29) is 22.7 Å². The fourth-order valence-electron chi connectivity index (χ4n) is 4.58. The SMILES string of the molecule is CC1(C)CCN(c2nc(NCC3CCOCC3)ccc2C(C(N)=O)C(C)(C)C)C1. The third kappa shape index (κ3) is 5.41. The molecule has 1 aromatic heterocycles. The Morgan fingerprint density at radius 1 is 1.34 bits per heavy atom. The van der Waals surface area contributed by atoms with Crippen LogP contribution < -0.4 is 16.0 Å². The number of pyridine rings is 1. The summed E-state index contributed by atoms with van der Waals surface area (Å²) in [6.45, 7) is 15.3. The van der Waals surface area contributed by atoms with E-state index >= 15 is 0 Å². The van der Waals surface area contributed by atoms with Crippen LogP contribution in [0.5, 0.6) is 0 Å². The second-order valence-corrected chi connectivity index (χ2v) is 10.6. The molecule has 6 nitrogen and oxygen atoms in total. The van der Waals surface area contributed by atoms with E-state index in [1.54, 1.807) is 0 Å². The number of rotatable bonds is 6. The van der Waals surface area contributed by atoms with E-state index in [9.17, 15) is 4.79 Å². The van der Waals surface area contributed by atoms with Crippen LogP contribution in [-0.4, -0.2) is 43.7 Å². The molecule has 2 saturated heterocycles. The predicted molar refractivity (Wildman–Crippen MR) is 118 cm³/mol. The first-order valence-electron chi connectivity index (χ1n) is 10.9. The van der Waals surface area contributed by atoms with Crippen molar-refractivity contribution in [2.45, 2.75) is 59.8 Å². The molecule has 29 heavy (non-hydrogen) atoms. The van der Waals surface area contributed by atoms with Crippen molar-refractivity contribution >= 4 is 17.5 Å². The number of nitrogens with zero attached hydrogens (tertiary/aromatic N) is 2. The van der Waals surface area contributed by atoms with Crippen molar-refractivity contribution in [3.8, 4) is 0 Å². The number of carbonyl (C=O) groups excluding carboxylic acids is 1. The van der Waals surface area contributed by atoms with Crippen molar-refractivity contribution in [3.05, 3.63) is 17.7 Å². The molecule has 1 unspecified atom stereocenters. The molecule has 162 valence electrons. The summed E-state index contributed by atoms with van der Waals surface area (Å²) in [5, 5.41) is 3.52. The summed E-state index contributed by atoms with van der Waals surface area (Å²) >= 11 is 0. The molecule has 3 N–H and O–H groups in total. The normalized spacial score (nSPS) is 21.2. The van der Waals surface area contributed by atoms with Gasteiger partial charge in [-0.1, -0.05) is 40.7 Å². The second-order valence-electron chi connectivity index (χ2n) is 10.6. The summed E-state index contributed by atoms with van der Waals surface area (Å²) in [7, 11) is 0. The summed E-state index contributed by atoms with van der Waals surface area (Å²) in [6.07, 6.45) is 3.29. The Kier molecular flexibility index (Phi) is 6.42.